The van der Waals surface area contributed by atoms with Gasteiger partial charge in [0.25, 0.3) is 0 Å². The predicted octanol–water partition coefficient (Wildman–Crippen LogP) is 2.57. The molecule has 6 nitrogen and oxygen atoms in total. The van der Waals surface area contributed by atoms with Crippen LogP contribution >= 0.6 is 0 Å². The Bertz CT molecular complexity index is 685. The van der Waals surface area contributed by atoms with Crippen LogP contribution in [-0.2, 0) is 0 Å². The van der Waals surface area contributed by atoms with Gasteiger partial charge in [0.15, 0.2) is 17.0 Å². The average Bonchev–Trinajstić information content (AvgIpc) is 3.10. The summed E-state index contributed by atoms with van der Waals surface area (Å²) in [5, 5.41) is 0. The molecule has 2 heterocycles. The normalized spacial score (nSPS) is 21.7. The van der Waals surface area contributed by atoms with E-state index in [1.54, 1.807) is 12.7 Å². The first kappa shape index (κ1) is 13.7. The van der Waals surface area contributed by atoms with Crippen LogP contribution in [0.1, 0.15) is 25.8 Å². The van der Waals surface area contributed by atoms with Crippen LogP contribution in [0.4, 0.5) is 5.82 Å². The van der Waals surface area contributed by atoms with Gasteiger partial charge in [0.05, 0.1) is 18.7 Å². The maximum Gasteiger partial charge on any atom is 0.184 e. The molecule has 2 aromatic rings. The lowest BCUT2D eigenvalue weighted by Gasteiger charge is -2.12. The van der Waals surface area contributed by atoms with Crippen LogP contribution in [0, 0.1) is 5.92 Å². The van der Waals surface area contributed by atoms with Crippen LogP contribution in [0.5, 0.6) is 0 Å². The standard InChI is InChI=1S/C15H20N6/c1-4-11-5-6-12(7-11)21-10-18-13-14(19-9-20(2)3)16-8-17-15(13)21/h5-6,8-12H,4,7H2,1-3H3/b19-9-/t11-,12+/m1/s1. The molecule has 0 spiro atoms. The molecule has 0 aliphatic heterocycles. The number of imidazole rings is 1. The van der Waals surface area contributed by atoms with E-state index in [0.29, 0.717) is 17.8 Å². The van der Waals surface area contributed by atoms with Crippen LogP contribution in [0.3, 0.4) is 0 Å². The van der Waals surface area contributed by atoms with Crippen molar-refractivity contribution in [1.29, 1.82) is 0 Å². The fraction of sp³-hybridized carbons (Fsp3) is 0.467. The zero-order valence-electron chi connectivity index (χ0n) is 12.6. The van der Waals surface area contributed by atoms with Gasteiger partial charge >= 0.3 is 0 Å². The summed E-state index contributed by atoms with van der Waals surface area (Å²) in [6, 6.07) is 0.334. The fourth-order valence-corrected chi connectivity index (χ4v) is 2.61. The number of allylic oxidation sites excluding steroid dienone is 2. The van der Waals surface area contributed by atoms with Crippen LogP contribution in [0.25, 0.3) is 11.2 Å². The second-order valence-electron chi connectivity index (χ2n) is 5.59. The van der Waals surface area contributed by atoms with E-state index in [1.807, 2.05) is 25.3 Å². The molecule has 3 rings (SSSR count). The summed E-state index contributed by atoms with van der Waals surface area (Å²) in [6.07, 6.45) is 12.0. The minimum Gasteiger partial charge on any atom is -0.369 e. The van der Waals surface area contributed by atoms with E-state index in [4.69, 9.17) is 0 Å². The van der Waals surface area contributed by atoms with Gasteiger partial charge in [-0.25, -0.2) is 19.9 Å². The summed E-state index contributed by atoms with van der Waals surface area (Å²) >= 11 is 0. The Morgan fingerprint density at radius 3 is 2.90 bits per heavy atom. The maximum absolute atomic E-state index is 4.46. The SMILES string of the molecule is CC[C@@H]1C=C[C@H](n2cnc3c(/N=C\N(C)C)ncnc32)C1. The summed E-state index contributed by atoms with van der Waals surface area (Å²) in [7, 11) is 3.85. The maximum atomic E-state index is 4.46. The predicted molar refractivity (Wildman–Crippen MR) is 83.7 cm³/mol. The highest BCUT2D eigenvalue weighted by molar-refractivity contribution is 5.83. The minimum atomic E-state index is 0.334. The van der Waals surface area contributed by atoms with Crippen LogP contribution in [0.15, 0.2) is 29.8 Å². The first-order chi connectivity index (χ1) is 10.2. The van der Waals surface area contributed by atoms with Crippen LogP contribution < -0.4 is 0 Å². The van der Waals surface area contributed by atoms with E-state index in [9.17, 15) is 0 Å². The van der Waals surface area contributed by atoms with Gasteiger partial charge in [-0.15, -0.1) is 0 Å². The van der Waals surface area contributed by atoms with Crippen molar-refractivity contribution >= 4 is 23.3 Å². The summed E-state index contributed by atoms with van der Waals surface area (Å²) in [5.41, 5.74) is 1.60. The molecule has 110 valence electrons. The molecule has 1 aliphatic carbocycles. The zero-order valence-corrected chi connectivity index (χ0v) is 12.6. The molecule has 0 saturated carbocycles. The number of hydrogen-bond donors (Lipinski definition) is 0. The third-order valence-electron chi connectivity index (χ3n) is 3.78. The van der Waals surface area contributed by atoms with E-state index in [0.717, 1.165) is 17.6 Å². The highest BCUT2D eigenvalue weighted by Gasteiger charge is 2.21. The lowest BCUT2D eigenvalue weighted by atomic mass is 10.1. The van der Waals surface area contributed by atoms with Crippen molar-refractivity contribution < 1.29 is 0 Å². The molecule has 0 aromatic carbocycles. The van der Waals surface area contributed by atoms with Gasteiger partial charge in [0, 0.05) is 14.1 Å². The van der Waals surface area contributed by atoms with Gasteiger partial charge in [0.1, 0.15) is 6.33 Å². The quantitative estimate of drug-likeness (QED) is 0.492. The molecule has 21 heavy (non-hydrogen) atoms. The van der Waals surface area contributed by atoms with E-state index in [-0.39, 0.29) is 0 Å². The summed E-state index contributed by atoms with van der Waals surface area (Å²) in [6.45, 7) is 2.22. The minimum absolute atomic E-state index is 0.334. The number of rotatable bonds is 4. The first-order valence-corrected chi connectivity index (χ1v) is 7.25. The molecule has 0 amide bonds. The molecular formula is C15H20N6. The second-order valence-corrected chi connectivity index (χ2v) is 5.59. The van der Waals surface area contributed by atoms with Gasteiger partial charge in [0.2, 0.25) is 0 Å². The van der Waals surface area contributed by atoms with Gasteiger partial charge in [-0.1, -0.05) is 19.1 Å². The molecule has 2 aromatic heterocycles. The number of aliphatic imine (C=N–C) groups is 1. The lowest BCUT2D eigenvalue weighted by Crippen LogP contribution is -2.07. The molecular weight excluding hydrogens is 264 g/mol. The molecule has 0 fully saturated rings. The van der Waals surface area contributed by atoms with Gasteiger partial charge in [-0.05, 0) is 18.8 Å². The topological polar surface area (TPSA) is 59.2 Å². The Balaban J connectivity index is 1.96. The lowest BCUT2D eigenvalue weighted by molar-refractivity contribution is 0.502. The van der Waals surface area contributed by atoms with Crippen LogP contribution in [0.2, 0.25) is 0 Å². The van der Waals surface area contributed by atoms with E-state index in [1.165, 1.54) is 6.42 Å². The van der Waals surface area contributed by atoms with Gasteiger partial charge in [-0.2, -0.15) is 0 Å². The largest absolute Gasteiger partial charge is 0.369 e. The Morgan fingerprint density at radius 1 is 1.33 bits per heavy atom. The molecule has 0 N–H and O–H groups in total. The molecule has 0 unspecified atom stereocenters. The molecule has 0 bridgehead atoms. The molecule has 0 saturated heterocycles. The highest BCUT2D eigenvalue weighted by Crippen LogP contribution is 2.32. The Labute approximate surface area is 124 Å². The smallest absolute Gasteiger partial charge is 0.184 e. The summed E-state index contributed by atoms with van der Waals surface area (Å²) in [4.78, 5) is 19.3. The highest BCUT2D eigenvalue weighted by atomic mass is 15.2. The average molecular weight is 284 g/mol. The van der Waals surface area contributed by atoms with Crippen molar-refractivity contribution in [2.24, 2.45) is 10.9 Å². The Kier molecular flexibility index (Phi) is 3.68. The summed E-state index contributed by atoms with van der Waals surface area (Å²) in [5.74, 6) is 1.27. The number of hydrogen-bond acceptors (Lipinski definition) is 4. The molecule has 6 heteroatoms. The Hall–Kier alpha value is -2.24. The van der Waals surface area contributed by atoms with Crippen molar-refractivity contribution in [3.05, 3.63) is 24.8 Å². The van der Waals surface area contributed by atoms with Crippen molar-refractivity contribution in [2.75, 3.05) is 14.1 Å². The van der Waals surface area contributed by atoms with Crippen molar-refractivity contribution in [1.82, 2.24) is 24.4 Å². The molecule has 0 radical (unpaired) electrons. The van der Waals surface area contributed by atoms with Crippen molar-refractivity contribution in [3.8, 4) is 0 Å². The van der Waals surface area contributed by atoms with Gasteiger partial charge < -0.3 is 9.47 Å². The van der Waals surface area contributed by atoms with E-state index < -0.39 is 0 Å². The van der Waals surface area contributed by atoms with Crippen molar-refractivity contribution in [2.45, 2.75) is 25.8 Å². The third kappa shape index (κ3) is 2.66. The Morgan fingerprint density at radius 2 is 2.19 bits per heavy atom. The van der Waals surface area contributed by atoms with Gasteiger partial charge in [-0.3, -0.25) is 0 Å². The number of aromatic nitrogens is 4. The van der Waals surface area contributed by atoms with E-state index in [2.05, 4.69) is 43.6 Å². The third-order valence-corrected chi connectivity index (χ3v) is 3.78. The van der Waals surface area contributed by atoms with Crippen molar-refractivity contribution in [3.63, 3.8) is 0 Å². The monoisotopic (exact) mass is 284 g/mol. The molecule has 2 atom stereocenters. The zero-order chi connectivity index (χ0) is 14.8. The fourth-order valence-electron chi connectivity index (χ4n) is 2.61. The second kappa shape index (κ2) is 5.63. The van der Waals surface area contributed by atoms with E-state index >= 15 is 0 Å². The van der Waals surface area contributed by atoms with Crippen LogP contribution in [-0.4, -0.2) is 44.9 Å². The number of nitrogens with zero attached hydrogens (tertiary/aromatic N) is 6. The molecule has 1 aliphatic rings. The first-order valence-electron chi connectivity index (χ1n) is 7.25. The summed E-state index contributed by atoms with van der Waals surface area (Å²) < 4.78 is 2.12. The number of fused-ring (bicyclic) bond motifs is 1.